The fraction of sp³-hybridized carbons (Fsp3) is 0.595. The van der Waals surface area contributed by atoms with E-state index in [0.29, 0.717) is 43.6 Å². The number of carbonyl (C=O) groups is 1. The first-order valence-electron chi connectivity index (χ1n) is 16.5. The Morgan fingerprint density at radius 1 is 0.783 bits per heavy atom. The van der Waals surface area contributed by atoms with E-state index in [0.717, 1.165) is 56.0 Å². The van der Waals surface area contributed by atoms with Crippen LogP contribution in [0.25, 0.3) is 0 Å². The molecule has 2 fully saturated rings. The van der Waals surface area contributed by atoms with Crippen molar-refractivity contribution in [3.05, 3.63) is 57.6 Å². The Bertz CT molecular complexity index is 1390. The smallest absolute Gasteiger partial charge is 0.410 e. The van der Waals surface area contributed by atoms with Gasteiger partial charge < -0.3 is 24.8 Å². The van der Waals surface area contributed by atoms with E-state index in [1.54, 1.807) is 4.90 Å². The van der Waals surface area contributed by atoms with Crippen molar-refractivity contribution in [2.45, 2.75) is 80.8 Å². The van der Waals surface area contributed by atoms with Gasteiger partial charge in [-0.25, -0.2) is 4.79 Å². The first kappa shape index (κ1) is 38.7. The van der Waals surface area contributed by atoms with Crippen molar-refractivity contribution >= 4 is 29.9 Å². The zero-order chi connectivity index (χ0) is 33.3. The minimum Gasteiger partial charge on any atom is -0.444 e. The molecule has 0 spiro atoms. The number of aryl methyl sites for hydroxylation is 2. The number of hydrogen-bond donors (Lipinski definition) is 1. The van der Waals surface area contributed by atoms with Crippen molar-refractivity contribution in [1.82, 2.24) is 10.2 Å². The zero-order valence-electron chi connectivity index (χ0n) is 29.5. The summed E-state index contributed by atoms with van der Waals surface area (Å²) in [6.45, 7) is 25.3. The molecule has 2 heterocycles. The van der Waals surface area contributed by atoms with Crippen LogP contribution >= 0.6 is 12.4 Å². The number of benzene rings is 2. The van der Waals surface area contributed by atoms with Gasteiger partial charge in [-0.3, -0.25) is 0 Å². The normalized spacial score (nSPS) is 15.0. The number of rotatable bonds is 6. The molecule has 2 aliphatic heterocycles. The van der Waals surface area contributed by atoms with Gasteiger partial charge >= 0.3 is 6.09 Å². The number of amides is 1. The molecule has 9 heteroatoms. The summed E-state index contributed by atoms with van der Waals surface area (Å²) in [5.41, 5.74) is 8.22. The van der Waals surface area contributed by atoms with Crippen molar-refractivity contribution in [2.75, 3.05) is 62.2 Å². The van der Waals surface area contributed by atoms with Crippen LogP contribution in [0.1, 0.15) is 81.8 Å². The Labute approximate surface area is 284 Å². The molecule has 0 bridgehead atoms. The van der Waals surface area contributed by atoms with Gasteiger partial charge in [-0.1, -0.05) is 27.7 Å². The average Bonchev–Trinajstić information content (AvgIpc) is 2.98. The Balaban J connectivity index is 0.000000328. The second-order valence-electron chi connectivity index (χ2n) is 14.2. The summed E-state index contributed by atoms with van der Waals surface area (Å²) in [6.07, 6.45) is 1.82. The molecule has 46 heavy (non-hydrogen) atoms. The van der Waals surface area contributed by atoms with Gasteiger partial charge in [0, 0.05) is 52.4 Å². The summed E-state index contributed by atoms with van der Waals surface area (Å²) in [4.78, 5) is 18.5. The van der Waals surface area contributed by atoms with Crippen LogP contribution in [-0.4, -0.2) is 69.0 Å². The number of carbonyl (C=O) groups excluding carboxylic acids is 1. The Hall–Kier alpha value is -3.46. The molecular weight excluding hydrogens is 596 g/mol. The molecule has 1 amide bonds. The molecule has 0 unspecified atom stereocenters. The molecule has 0 aromatic heterocycles. The first-order valence-corrected chi connectivity index (χ1v) is 16.5. The topological polar surface area (TPSA) is 95.6 Å². The molecular formula is C37H55ClN6O2. The van der Waals surface area contributed by atoms with Gasteiger partial charge in [-0.15, -0.1) is 12.4 Å². The highest BCUT2D eigenvalue weighted by atomic mass is 35.5. The largest absolute Gasteiger partial charge is 0.444 e. The maximum Gasteiger partial charge on any atom is 0.410 e. The quantitative estimate of drug-likeness (QED) is 0.359. The highest BCUT2D eigenvalue weighted by Gasteiger charge is 2.27. The highest BCUT2D eigenvalue weighted by Crippen LogP contribution is 2.28. The highest BCUT2D eigenvalue weighted by molar-refractivity contribution is 5.85. The molecule has 8 nitrogen and oxygen atoms in total. The maximum absolute atomic E-state index is 12.2. The summed E-state index contributed by atoms with van der Waals surface area (Å²) in [7, 11) is 0. The number of anilines is 2. The number of ether oxygens (including phenoxy) is 1. The van der Waals surface area contributed by atoms with E-state index in [4.69, 9.17) is 4.74 Å². The van der Waals surface area contributed by atoms with E-state index < -0.39 is 5.60 Å². The SMILES string of the molecule is Cc1cc(C#N)c(N2CCN(C(=O)OC(C)(C)C)CC2)cc1CC(C)C.Cc1cc(C#N)c(N2CCNCC2)cc1CC(C)C.Cl. The second-order valence-corrected chi connectivity index (χ2v) is 14.2. The number of nitrogens with zero attached hydrogens (tertiary/aromatic N) is 5. The maximum atomic E-state index is 12.2. The number of nitrogens with one attached hydrogen (secondary N) is 1. The van der Waals surface area contributed by atoms with Crippen molar-refractivity contribution in [3.8, 4) is 12.1 Å². The molecule has 2 aromatic carbocycles. The standard InChI is InChI=1S/C21H31N3O2.C16H23N3.ClH/c1-15(2)11-17-13-19(18(14-22)12-16(17)3)23-7-9-24(10-8-23)20(25)26-21(4,5)6;1-12(2)8-14-10-16(15(11-17)9-13(14)3)19-6-4-18-5-7-19;/h12-13,15H,7-11H2,1-6H3;9-10,12,18H,4-8H2,1-3H3;1H. The molecule has 0 saturated carbocycles. The van der Waals surface area contributed by atoms with Crippen molar-refractivity contribution < 1.29 is 9.53 Å². The molecule has 0 aliphatic carbocycles. The van der Waals surface area contributed by atoms with Gasteiger partial charge in [0.2, 0.25) is 0 Å². The van der Waals surface area contributed by atoms with Crippen LogP contribution < -0.4 is 15.1 Å². The summed E-state index contributed by atoms with van der Waals surface area (Å²) in [6, 6.07) is 13.1. The van der Waals surface area contributed by atoms with Crippen LogP contribution in [0, 0.1) is 48.3 Å². The number of nitriles is 2. The van der Waals surface area contributed by atoms with Crippen LogP contribution in [0.2, 0.25) is 0 Å². The van der Waals surface area contributed by atoms with E-state index in [9.17, 15) is 15.3 Å². The molecule has 4 rings (SSSR count). The summed E-state index contributed by atoms with van der Waals surface area (Å²) >= 11 is 0. The van der Waals surface area contributed by atoms with E-state index in [1.165, 1.54) is 22.3 Å². The monoisotopic (exact) mass is 650 g/mol. The van der Waals surface area contributed by atoms with Gasteiger partial charge in [0.15, 0.2) is 0 Å². The fourth-order valence-electron chi connectivity index (χ4n) is 5.86. The van der Waals surface area contributed by atoms with Gasteiger partial charge in [0.25, 0.3) is 0 Å². The van der Waals surface area contributed by atoms with Crippen LogP contribution in [-0.2, 0) is 17.6 Å². The van der Waals surface area contributed by atoms with E-state index in [1.807, 2.05) is 26.8 Å². The second kappa shape index (κ2) is 17.5. The number of hydrogen-bond acceptors (Lipinski definition) is 7. The lowest BCUT2D eigenvalue weighted by atomic mass is 9.95. The van der Waals surface area contributed by atoms with Gasteiger partial charge in [0.1, 0.15) is 17.7 Å². The lowest BCUT2D eigenvalue weighted by Crippen LogP contribution is -2.50. The van der Waals surface area contributed by atoms with Crippen molar-refractivity contribution in [1.29, 1.82) is 10.5 Å². The lowest BCUT2D eigenvalue weighted by molar-refractivity contribution is 0.0240. The van der Waals surface area contributed by atoms with Crippen LogP contribution in [0.15, 0.2) is 24.3 Å². The van der Waals surface area contributed by atoms with Crippen molar-refractivity contribution in [3.63, 3.8) is 0 Å². The van der Waals surface area contributed by atoms with Crippen molar-refractivity contribution in [2.24, 2.45) is 11.8 Å². The van der Waals surface area contributed by atoms with Crippen LogP contribution in [0.5, 0.6) is 0 Å². The number of halogens is 1. The third kappa shape index (κ3) is 11.1. The van der Waals surface area contributed by atoms with Crippen LogP contribution in [0.3, 0.4) is 0 Å². The van der Waals surface area contributed by atoms with E-state index >= 15 is 0 Å². The molecule has 0 atom stereocenters. The Morgan fingerprint density at radius 3 is 1.57 bits per heavy atom. The molecule has 1 N–H and O–H groups in total. The molecule has 252 valence electrons. The Morgan fingerprint density at radius 2 is 1.20 bits per heavy atom. The fourth-order valence-corrected chi connectivity index (χ4v) is 5.86. The van der Waals surface area contributed by atoms with Gasteiger partial charge in [0.05, 0.1) is 22.5 Å². The zero-order valence-corrected chi connectivity index (χ0v) is 30.3. The molecule has 2 aromatic rings. The van der Waals surface area contributed by atoms with Gasteiger partial charge in [-0.2, -0.15) is 10.5 Å². The van der Waals surface area contributed by atoms with E-state index in [2.05, 4.69) is 87.0 Å². The third-order valence-electron chi connectivity index (χ3n) is 8.14. The minimum absolute atomic E-state index is 0. The van der Waals surface area contributed by atoms with Crippen LogP contribution in [0.4, 0.5) is 16.2 Å². The summed E-state index contributed by atoms with van der Waals surface area (Å²) < 4.78 is 5.46. The van der Waals surface area contributed by atoms with Gasteiger partial charge in [-0.05, 0) is 106 Å². The average molecular weight is 651 g/mol. The first-order chi connectivity index (χ1) is 21.2. The third-order valence-corrected chi connectivity index (χ3v) is 8.14. The van der Waals surface area contributed by atoms with E-state index in [-0.39, 0.29) is 18.5 Å². The Kier molecular flexibility index (Phi) is 14.7. The predicted molar refractivity (Wildman–Crippen MR) is 191 cm³/mol. The minimum atomic E-state index is -0.481. The summed E-state index contributed by atoms with van der Waals surface area (Å²) in [5, 5.41) is 22.3. The summed E-state index contributed by atoms with van der Waals surface area (Å²) in [5.74, 6) is 1.21. The predicted octanol–water partition coefficient (Wildman–Crippen LogP) is 7.02. The molecule has 2 aliphatic rings. The lowest BCUT2D eigenvalue weighted by Gasteiger charge is -2.37. The molecule has 0 radical (unpaired) electrons. The number of piperazine rings is 2. The molecule has 2 saturated heterocycles.